The normalized spacial score (nSPS) is 11.3. The highest BCUT2D eigenvalue weighted by atomic mass is 32.2. The third-order valence-corrected chi connectivity index (χ3v) is 6.63. The Labute approximate surface area is 172 Å². The van der Waals surface area contributed by atoms with Gasteiger partial charge in [-0.15, -0.1) is 0 Å². The molecule has 5 heteroatoms. The number of aryl methyl sites for hydroxylation is 5. The Balaban J connectivity index is 2.23. The van der Waals surface area contributed by atoms with Crippen molar-refractivity contribution >= 4 is 21.6 Å². The van der Waals surface area contributed by atoms with Crippen molar-refractivity contribution in [2.24, 2.45) is 0 Å². The van der Waals surface area contributed by atoms with E-state index in [9.17, 15) is 13.2 Å². The van der Waals surface area contributed by atoms with Crippen LogP contribution in [-0.4, -0.2) is 14.3 Å². The van der Waals surface area contributed by atoms with Crippen molar-refractivity contribution in [1.82, 2.24) is 0 Å². The van der Waals surface area contributed by atoms with Gasteiger partial charge in [-0.05, 0) is 70.0 Å². The lowest BCUT2D eigenvalue weighted by atomic mass is 9.99. The number of amides is 1. The first-order valence-electron chi connectivity index (χ1n) is 9.42. The highest BCUT2D eigenvalue weighted by molar-refractivity contribution is 7.93. The van der Waals surface area contributed by atoms with E-state index in [4.69, 9.17) is 0 Å². The van der Waals surface area contributed by atoms with Gasteiger partial charge in [-0.1, -0.05) is 53.1 Å². The Morgan fingerprint density at radius 3 is 1.62 bits per heavy atom. The quantitative estimate of drug-likeness (QED) is 0.592. The summed E-state index contributed by atoms with van der Waals surface area (Å²) in [5.74, 6) is -0.551. The van der Waals surface area contributed by atoms with Gasteiger partial charge in [-0.3, -0.25) is 4.79 Å². The zero-order valence-electron chi connectivity index (χ0n) is 17.4. The summed E-state index contributed by atoms with van der Waals surface area (Å²) in [6.07, 6.45) is 0. The van der Waals surface area contributed by atoms with E-state index in [-0.39, 0.29) is 4.90 Å². The van der Waals surface area contributed by atoms with Crippen LogP contribution in [0.25, 0.3) is 0 Å². The van der Waals surface area contributed by atoms with Gasteiger partial charge in [-0.2, -0.15) is 4.31 Å². The van der Waals surface area contributed by atoms with E-state index in [1.54, 1.807) is 36.4 Å². The molecule has 0 saturated carbocycles. The molecule has 3 aromatic carbocycles. The minimum Gasteiger partial charge on any atom is -0.268 e. The molecule has 0 aromatic heterocycles. The van der Waals surface area contributed by atoms with Crippen LogP contribution in [0.1, 0.15) is 38.2 Å². The average molecular weight is 408 g/mol. The molecule has 150 valence electrons. The molecule has 0 aliphatic rings. The van der Waals surface area contributed by atoms with Crippen molar-refractivity contribution in [1.29, 1.82) is 0 Å². The molecule has 0 aliphatic heterocycles. The van der Waals surface area contributed by atoms with Crippen molar-refractivity contribution in [3.05, 3.63) is 94.0 Å². The van der Waals surface area contributed by atoms with E-state index in [0.29, 0.717) is 11.3 Å². The van der Waals surface area contributed by atoms with Crippen LogP contribution in [-0.2, 0) is 10.0 Å². The van der Waals surface area contributed by atoms with E-state index in [1.807, 2.05) is 46.8 Å². The van der Waals surface area contributed by atoms with Crippen LogP contribution >= 0.6 is 0 Å². The molecule has 0 aliphatic carbocycles. The summed E-state index contributed by atoms with van der Waals surface area (Å²) in [7, 11) is -4.09. The van der Waals surface area contributed by atoms with Crippen molar-refractivity contribution in [2.45, 2.75) is 39.5 Å². The molecular formula is C24H25NO3S. The van der Waals surface area contributed by atoms with E-state index in [1.165, 1.54) is 12.1 Å². The van der Waals surface area contributed by atoms with Gasteiger partial charge < -0.3 is 0 Å². The molecule has 1 amide bonds. The number of sulfonamides is 1. The topological polar surface area (TPSA) is 54.5 Å². The Hall–Kier alpha value is -2.92. The van der Waals surface area contributed by atoms with Crippen LogP contribution in [0.2, 0.25) is 0 Å². The number of hydrogen-bond acceptors (Lipinski definition) is 3. The first-order valence-corrected chi connectivity index (χ1v) is 10.9. The fraction of sp³-hybridized carbons (Fsp3) is 0.208. The molecule has 4 nitrogen and oxygen atoms in total. The lowest BCUT2D eigenvalue weighted by Gasteiger charge is -2.24. The molecule has 0 spiro atoms. The Kier molecular flexibility index (Phi) is 5.62. The van der Waals surface area contributed by atoms with Crippen molar-refractivity contribution in [3.8, 4) is 0 Å². The van der Waals surface area contributed by atoms with Gasteiger partial charge in [0.15, 0.2) is 0 Å². The summed E-state index contributed by atoms with van der Waals surface area (Å²) < 4.78 is 28.0. The fourth-order valence-electron chi connectivity index (χ4n) is 3.48. The summed E-state index contributed by atoms with van der Waals surface area (Å²) in [5, 5.41) is 0. The third kappa shape index (κ3) is 4.10. The summed E-state index contributed by atoms with van der Waals surface area (Å²) in [6, 6.07) is 17.3. The molecule has 0 fully saturated rings. The average Bonchev–Trinajstić information content (AvgIpc) is 2.63. The standard InChI is InChI=1S/C24H25NO3S/c1-16-6-10-21(11-7-16)25(29(27,28)22-12-8-17(2)9-13-22)24(26)23-19(4)14-18(3)15-20(23)5/h6-15H,1-5H3. The maximum Gasteiger partial charge on any atom is 0.272 e. The molecule has 0 bridgehead atoms. The molecular weight excluding hydrogens is 382 g/mol. The SMILES string of the molecule is Cc1ccc(N(C(=O)c2c(C)cc(C)cc2C)S(=O)(=O)c2ccc(C)cc2)cc1. The van der Waals surface area contributed by atoms with Crippen LogP contribution in [0.4, 0.5) is 5.69 Å². The van der Waals surface area contributed by atoms with E-state index < -0.39 is 15.9 Å². The Morgan fingerprint density at radius 1 is 0.690 bits per heavy atom. The van der Waals surface area contributed by atoms with Gasteiger partial charge in [0.25, 0.3) is 15.9 Å². The van der Waals surface area contributed by atoms with Crippen LogP contribution in [0.5, 0.6) is 0 Å². The molecule has 0 atom stereocenters. The number of carbonyl (C=O) groups is 1. The minimum atomic E-state index is -4.09. The van der Waals surface area contributed by atoms with Gasteiger partial charge in [0.2, 0.25) is 0 Å². The summed E-state index contributed by atoms with van der Waals surface area (Å²) in [5.41, 5.74) is 5.19. The van der Waals surface area contributed by atoms with Gasteiger partial charge in [0, 0.05) is 5.56 Å². The second-order valence-corrected chi connectivity index (χ2v) is 9.28. The van der Waals surface area contributed by atoms with E-state index >= 15 is 0 Å². The van der Waals surface area contributed by atoms with Gasteiger partial charge in [0.05, 0.1) is 10.6 Å². The third-order valence-electron chi connectivity index (χ3n) is 4.90. The fourth-order valence-corrected chi connectivity index (χ4v) is 4.88. The van der Waals surface area contributed by atoms with E-state index in [0.717, 1.165) is 32.1 Å². The van der Waals surface area contributed by atoms with Gasteiger partial charge in [-0.25, -0.2) is 8.42 Å². The van der Waals surface area contributed by atoms with Crippen LogP contribution < -0.4 is 4.31 Å². The van der Waals surface area contributed by atoms with E-state index in [2.05, 4.69) is 0 Å². The largest absolute Gasteiger partial charge is 0.272 e. The predicted octanol–water partition coefficient (Wildman–Crippen LogP) is 5.26. The van der Waals surface area contributed by atoms with Gasteiger partial charge >= 0.3 is 0 Å². The zero-order chi connectivity index (χ0) is 21.3. The number of nitrogens with zero attached hydrogens (tertiary/aromatic N) is 1. The monoisotopic (exact) mass is 407 g/mol. The first-order chi connectivity index (χ1) is 13.6. The van der Waals surface area contributed by atoms with Crippen molar-refractivity contribution in [2.75, 3.05) is 4.31 Å². The number of anilines is 1. The molecule has 0 saturated heterocycles. The molecule has 0 heterocycles. The molecule has 3 aromatic rings. The molecule has 29 heavy (non-hydrogen) atoms. The molecule has 3 rings (SSSR count). The first kappa shape index (κ1) is 20.8. The second kappa shape index (κ2) is 7.84. The summed E-state index contributed by atoms with van der Waals surface area (Å²) in [6.45, 7) is 9.42. The molecule has 0 unspecified atom stereocenters. The lowest BCUT2D eigenvalue weighted by Crippen LogP contribution is -2.38. The Morgan fingerprint density at radius 2 is 1.14 bits per heavy atom. The highest BCUT2D eigenvalue weighted by Gasteiger charge is 2.33. The number of carbonyl (C=O) groups excluding carboxylic acids is 1. The number of benzene rings is 3. The smallest absolute Gasteiger partial charge is 0.268 e. The Bertz CT molecular complexity index is 1140. The maximum absolute atomic E-state index is 13.6. The molecule has 0 radical (unpaired) electrons. The minimum absolute atomic E-state index is 0.0828. The highest BCUT2D eigenvalue weighted by Crippen LogP contribution is 2.29. The van der Waals surface area contributed by atoms with Crippen LogP contribution in [0.3, 0.4) is 0 Å². The lowest BCUT2D eigenvalue weighted by molar-refractivity contribution is 0.100. The van der Waals surface area contributed by atoms with Crippen LogP contribution in [0.15, 0.2) is 65.6 Å². The summed E-state index contributed by atoms with van der Waals surface area (Å²) in [4.78, 5) is 13.7. The number of rotatable bonds is 4. The predicted molar refractivity (Wildman–Crippen MR) is 117 cm³/mol. The summed E-state index contributed by atoms with van der Waals surface area (Å²) >= 11 is 0. The maximum atomic E-state index is 13.6. The van der Waals surface area contributed by atoms with Crippen molar-refractivity contribution in [3.63, 3.8) is 0 Å². The van der Waals surface area contributed by atoms with Crippen LogP contribution in [0, 0.1) is 34.6 Å². The zero-order valence-corrected chi connectivity index (χ0v) is 18.2. The van der Waals surface area contributed by atoms with Crippen molar-refractivity contribution < 1.29 is 13.2 Å². The van der Waals surface area contributed by atoms with Gasteiger partial charge in [0.1, 0.15) is 0 Å². The molecule has 0 N–H and O–H groups in total. The second-order valence-electron chi connectivity index (χ2n) is 7.50. The number of hydrogen-bond donors (Lipinski definition) is 0.